The van der Waals surface area contributed by atoms with E-state index in [0.717, 1.165) is 11.1 Å². The molecule has 0 bridgehead atoms. The number of nitrogens with one attached hydrogen (secondary N) is 3. The zero-order valence-corrected chi connectivity index (χ0v) is 15.6. The van der Waals surface area contributed by atoms with Crippen molar-refractivity contribution in [3.63, 3.8) is 0 Å². The van der Waals surface area contributed by atoms with Crippen molar-refractivity contribution in [2.45, 2.75) is 12.8 Å². The molecule has 1 aliphatic rings. The van der Waals surface area contributed by atoms with E-state index in [-0.39, 0.29) is 17.7 Å². The molecule has 0 saturated heterocycles. The van der Waals surface area contributed by atoms with Gasteiger partial charge in [0.05, 0.1) is 23.6 Å². The molecule has 1 aromatic heterocycles. The number of H-pyrrole nitrogens is 1. The number of nitrogens with zero attached hydrogens (tertiary/aromatic N) is 1. The lowest BCUT2D eigenvalue weighted by Gasteiger charge is -2.13. The molecule has 142 valence electrons. The van der Waals surface area contributed by atoms with Gasteiger partial charge in [-0.2, -0.15) is 5.10 Å². The van der Waals surface area contributed by atoms with Gasteiger partial charge in [0.2, 0.25) is 0 Å². The molecule has 4 rings (SSSR count). The first-order valence-electron chi connectivity index (χ1n) is 8.98. The minimum atomic E-state index is -0.309. The number of carbonyl (C=O) groups is 2. The Morgan fingerprint density at radius 1 is 1.18 bits per heavy atom. The Balaban J connectivity index is 1.77. The van der Waals surface area contributed by atoms with E-state index in [9.17, 15) is 9.59 Å². The Morgan fingerprint density at radius 2 is 1.96 bits per heavy atom. The summed E-state index contributed by atoms with van der Waals surface area (Å²) in [5, 5.41) is 12.2. The van der Waals surface area contributed by atoms with Crippen LogP contribution in [0, 0.1) is 6.92 Å². The van der Waals surface area contributed by atoms with Crippen LogP contribution in [0.25, 0.3) is 0 Å². The fraction of sp³-hybridized carbons (Fsp3) is 0.190. The van der Waals surface area contributed by atoms with Crippen LogP contribution >= 0.6 is 0 Å². The van der Waals surface area contributed by atoms with Crippen LogP contribution in [0.5, 0.6) is 5.75 Å². The molecule has 1 unspecified atom stereocenters. The number of rotatable bonds is 4. The number of carbonyl (C=O) groups excluding carboxylic acids is 2. The predicted octanol–water partition coefficient (Wildman–Crippen LogP) is 2.85. The van der Waals surface area contributed by atoms with Gasteiger partial charge in [-0.3, -0.25) is 14.7 Å². The Hall–Kier alpha value is -3.61. The fourth-order valence-corrected chi connectivity index (χ4v) is 3.40. The van der Waals surface area contributed by atoms with Gasteiger partial charge in [-0.1, -0.05) is 30.3 Å². The van der Waals surface area contributed by atoms with Gasteiger partial charge in [0.15, 0.2) is 0 Å². The van der Waals surface area contributed by atoms with Crippen LogP contribution in [0.4, 0.5) is 5.69 Å². The molecule has 0 fully saturated rings. The molecule has 3 N–H and O–H groups in total. The van der Waals surface area contributed by atoms with Gasteiger partial charge in [0.1, 0.15) is 5.75 Å². The molecule has 7 nitrogen and oxygen atoms in total. The normalized spacial score (nSPS) is 14.9. The van der Waals surface area contributed by atoms with Gasteiger partial charge in [-0.25, -0.2) is 0 Å². The maximum Gasteiger partial charge on any atom is 0.255 e. The number of amides is 2. The molecule has 7 heteroatoms. The number of hydrogen-bond acceptors (Lipinski definition) is 4. The van der Waals surface area contributed by atoms with Crippen LogP contribution in [-0.4, -0.2) is 35.7 Å². The molecule has 1 aliphatic heterocycles. The summed E-state index contributed by atoms with van der Waals surface area (Å²) in [7, 11) is 1.56. The molecule has 0 saturated carbocycles. The molecule has 2 aromatic carbocycles. The van der Waals surface area contributed by atoms with Crippen molar-refractivity contribution >= 4 is 17.5 Å². The average Bonchev–Trinajstić information content (AvgIpc) is 3.33. The summed E-state index contributed by atoms with van der Waals surface area (Å²) in [6.45, 7) is 2.22. The summed E-state index contributed by atoms with van der Waals surface area (Å²) in [5.41, 5.74) is 3.94. The Kier molecular flexibility index (Phi) is 4.57. The first kappa shape index (κ1) is 17.8. The number of benzene rings is 2. The molecule has 2 heterocycles. The number of hydrogen-bond donors (Lipinski definition) is 3. The standard InChI is InChI=1S/C21H20N4O3/c1-12-18(10-23-25-12)24-20(26)14-8-15-17(13-6-4-3-5-7-13)11-28-19(15)16(9-14)21(27)22-2/h3-10,17H,11H2,1-2H3,(H,22,27)(H,23,25)(H,24,26). The van der Waals surface area contributed by atoms with Crippen molar-refractivity contribution < 1.29 is 14.3 Å². The highest BCUT2D eigenvalue weighted by Crippen LogP contribution is 2.41. The summed E-state index contributed by atoms with van der Waals surface area (Å²) >= 11 is 0. The quantitative estimate of drug-likeness (QED) is 0.652. The van der Waals surface area contributed by atoms with E-state index >= 15 is 0 Å². The van der Waals surface area contributed by atoms with Crippen molar-refractivity contribution in [1.29, 1.82) is 0 Å². The lowest BCUT2D eigenvalue weighted by Crippen LogP contribution is -2.20. The van der Waals surface area contributed by atoms with Gasteiger partial charge in [0, 0.05) is 30.3 Å². The monoisotopic (exact) mass is 376 g/mol. The van der Waals surface area contributed by atoms with Gasteiger partial charge < -0.3 is 15.4 Å². The van der Waals surface area contributed by atoms with Crippen LogP contribution < -0.4 is 15.4 Å². The molecule has 1 atom stereocenters. The fourth-order valence-electron chi connectivity index (χ4n) is 3.40. The first-order valence-corrected chi connectivity index (χ1v) is 8.98. The number of aromatic nitrogens is 2. The van der Waals surface area contributed by atoms with Gasteiger partial charge in [-0.15, -0.1) is 0 Å². The lowest BCUT2D eigenvalue weighted by molar-refractivity contribution is 0.0960. The molecule has 2 amide bonds. The van der Waals surface area contributed by atoms with E-state index in [0.29, 0.717) is 34.9 Å². The summed E-state index contributed by atoms with van der Waals surface area (Å²) in [6.07, 6.45) is 1.62. The molecule has 3 aromatic rings. The molecule has 0 radical (unpaired) electrons. The van der Waals surface area contributed by atoms with Crippen LogP contribution in [0.15, 0.2) is 48.7 Å². The third-order valence-corrected chi connectivity index (χ3v) is 4.90. The molecular formula is C21H20N4O3. The Labute approximate surface area is 162 Å². The van der Waals surface area contributed by atoms with Crippen LogP contribution in [0.2, 0.25) is 0 Å². The van der Waals surface area contributed by atoms with Crippen molar-refractivity contribution in [2.75, 3.05) is 19.0 Å². The number of aryl methyl sites for hydroxylation is 1. The summed E-state index contributed by atoms with van der Waals surface area (Å²) in [5.74, 6) is -0.109. The van der Waals surface area contributed by atoms with Crippen LogP contribution in [0.3, 0.4) is 0 Å². The highest BCUT2D eigenvalue weighted by atomic mass is 16.5. The highest BCUT2D eigenvalue weighted by molar-refractivity contribution is 6.07. The molecule has 0 aliphatic carbocycles. The van der Waals surface area contributed by atoms with Crippen molar-refractivity contribution in [3.05, 3.63) is 76.6 Å². The van der Waals surface area contributed by atoms with E-state index in [4.69, 9.17) is 4.74 Å². The minimum absolute atomic E-state index is 0.0389. The number of aromatic amines is 1. The van der Waals surface area contributed by atoms with Gasteiger partial charge in [0.25, 0.3) is 11.8 Å². The molecule has 28 heavy (non-hydrogen) atoms. The number of fused-ring (bicyclic) bond motifs is 1. The Morgan fingerprint density at radius 3 is 2.64 bits per heavy atom. The lowest BCUT2D eigenvalue weighted by atomic mass is 9.90. The third kappa shape index (κ3) is 3.11. The van der Waals surface area contributed by atoms with E-state index in [2.05, 4.69) is 20.8 Å². The smallest absolute Gasteiger partial charge is 0.255 e. The predicted molar refractivity (Wildman–Crippen MR) is 105 cm³/mol. The Bertz CT molecular complexity index is 1040. The summed E-state index contributed by atoms with van der Waals surface area (Å²) < 4.78 is 5.87. The maximum atomic E-state index is 12.8. The minimum Gasteiger partial charge on any atom is -0.491 e. The van der Waals surface area contributed by atoms with Crippen LogP contribution in [0.1, 0.15) is 43.5 Å². The van der Waals surface area contributed by atoms with Gasteiger partial charge in [-0.05, 0) is 24.6 Å². The maximum absolute atomic E-state index is 12.8. The first-order chi connectivity index (χ1) is 13.6. The third-order valence-electron chi connectivity index (χ3n) is 4.90. The second-order valence-electron chi connectivity index (χ2n) is 6.63. The van der Waals surface area contributed by atoms with Gasteiger partial charge >= 0.3 is 0 Å². The zero-order valence-electron chi connectivity index (χ0n) is 15.6. The van der Waals surface area contributed by atoms with Crippen molar-refractivity contribution in [1.82, 2.24) is 15.5 Å². The van der Waals surface area contributed by atoms with E-state index in [1.54, 1.807) is 32.3 Å². The largest absolute Gasteiger partial charge is 0.491 e. The van der Waals surface area contributed by atoms with E-state index in [1.165, 1.54) is 0 Å². The highest BCUT2D eigenvalue weighted by Gasteiger charge is 2.31. The van der Waals surface area contributed by atoms with E-state index in [1.807, 2.05) is 30.3 Å². The van der Waals surface area contributed by atoms with Crippen LogP contribution in [-0.2, 0) is 0 Å². The average molecular weight is 376 g/mol. The topological polar surface area (TPSA) is 96.1 Å². The summed E-state index contributed by atoms with van der Waals surface area (Å²) in [4.78, 5) is 25.3. The number of anilines is 1. The zero-order chi connectivity index (χ0) is 19.7. The SMILES string of the molecule is CNC(=O)c1cc(C(=O)Nc2c[nH]nc2C)cc2c1OCC2c1ccccc1. The number of ether oxygens (including phenoxy) is 1. The second kappa shape index (κ2) is 7.19. The van der Waals surface area contributed by atoms with Crippen molar-refractivity contribution in [3.8, 4) is 5.75 Å². The molecule has 0 spiro atoms. The van der Waals surface area contributed by atoms with E-state index < -0.39 is 0 Å². The molecular weight excluding hydrogens is 356 g/mol. The second-order valence-corrected chi connectivity index (χ2v) is 6.63. The summed E-state index contributed by atoms with van der Waals surface area (Å²) in [6, 6.07) is 13.3. The van der Waals surface area contributed by atoms with Crippen molar-refractivity contribution in [2.24, 2.45) is 0 Å².